The lowest BCUT2D eigenvalue weighted by molar-refractivity contribution is -0.149. The molecule has 2 N–H and O–H groups in total. The monoisotopic (exact) mass is 159 g/mol. The highest BCUT2D eigenvalue weighted by atomic mass is 16.4. The van der Waals surface area contributed by atoms with Gasteiger partial charge in [-0.3, -0.25) is 4.79 Å². The minimum absolute atomic E-state index is 0.551. The molecule has 0 aromatic rings. The molecule has 0 aliphatic carbocycles. The summed E-state index contributed by atoms with van der Waals surface area (Å²) >= 11 is 0. The maximum Gasteiger partial charge on any atom is 0.310 e. The zero-order chi connectivity index (χ0) is 8.91. The maximum absolute atomic E-state index is 10.8. The van der Waals surface area contributed by atoms with Crippen LogP contribution in [0.25, 0.3) is 0 Å². The molecule has 0 atom stereocenters. The molecule has 0 heterocycles. The third-order valence-corrected chi connectivity index (χ3v) is 2.32. The zero-order valence-corrected chi connectivity index (χ0v) is 7.48. The van der Waals surface area contributed by atoms with Gasteiger partial charge in [-0.15, -0.1) is 0 Å². The second kappa shape index (κ2) is 4.34. The summed E-state index contributed by atoms with van der Waals surface area (Å²) in [5.74, 6) is -0.697. The van der Waals surface area contributed by atoms with E-state index in [9.17, 15) is 4.79 Å². The van der Waals surface area contributed by atoms with Gasteiger partial charge in [0.25, 0.3) is 0 Å². The van der Waals surface area contributed by atoms with Gasteiger partial charge in [-0.1, -0.05) is 13.8 Å². The molecule has 0 rings (SSSR count). The molecule has 0 saturated carbocycles. The van der Waals surface area contributed by atoms with Crippen molar-refractivity contribution in [2.24, 2.45) is 5.41 Å². The average molecular weight is 159 g/mol. The molecule has 11 heavy (non-hydrogen) atoms. The van der Waals surface area contributed by atoms with Crippen molar-refractivity contribution in [3.05, 3.63) is 0 Å². The SMILES string of the molecule is CCC(CC)(CNC)C(=O)O. The van der Waals surface area contributed by atoms with Crippen LogP contribution in [0.2, 0.25) is 0 Å². The summed E-state index contributed by atoms with van der Waals surface area (Å²) in [5.41, 5.74) is -0.561. The van der Waals surface area contributed by atoms with Crippen LogP contribution >= 0.6 is 0 Å². The second-order valence-electron chi connectivity index (χ2n) is 2.82. The van der Waals surface area contributed by atoms with Gasteiger partial charge >= 0.3 is 5.97 Å². The maximum atomic E-state index is 10.8. The van der Waals surface area contributed by atoms with Crippen molar-refractivity contribution in [3.63, 3.8) is 0 Å². The molecule has 3 nitrogen and oxygen atoms in total. The fraction of sp³-hybridized carbons (Fsp3) is 0.875. The highest BCUT2D eigenvalue weighted by Crippen LogP contribution is 2.25. The molecule has 0 unspecified atom stereocenters. The second-order valence-corrected chi connectivity index (χ2v) is 2.82. The van der Waals surface area contributed by atoms with Gasteiger partial charge in [0.15, 0.2) is 0 Å². The Morgan fingerprint density at radius 1 is 1.45 bits per heavy atom. The summed E-state index contributed by atoms with van der Waals surface area (Å²) < 4.78 is 0. The van der Waals surface area contributed by atoms with E-state index in [1.807, 2.05) is 13.8 Å². The average Bonchev–Trinajstić information content (AvgIpc) is 2.00. The molecule has 0 amide bonds. The van der Waals surface area contributed by atoms with Crippen molar-refractivity contribution in [3.8, 4) is 0 Å². The number of hydrogen-bond donors (Lipinski definition) is 2. The molecule has 0 aliphatic rings. The van der Waals surface area contributed by atoms with E-state index in [4.69, 9.17) is 5.11 Å². The molecule has 66 valence electrons. The van der Waals surface area contributed by atoms with Crippen molar-refractivity contribution < 1.29 is 9.90 Å². The molecular weight excluding hydrogens is 142 g/mol. The van der Waals surface area contributed by atoms with Crippen LogP contribution < -0.4 is 5.32 Å². The Morgan fingerprint density at radius 2 is 1.91 bits per heavy atom. The summed E-state index contributed by atoms with van der Waals surface area (Å²) in [7, 11) is 1.78. The van der Waals surface area contributed by atoms with Gasteiger partial charge in [0.05, 0.1) is 5.41 Å². The number of nitrogens with one attached hydrogen (secondary N) is 1. The van der Waals surface area contributed by atoms with Crippen molar-refractivity contribution in [2.45, 2.75) is 26.7 Å². The van der Waals surface area contributed by atoms with Gasteiger partial charge in [-0.25, -0.2) is 0 Å². The number of carboxylic acid groups (broad SMARTS) is 1. The molecule has 0 aromatic carbocycles. The first-order chi connectivity index (χ1) is 5.13. The van der Waals surface area contributed by atoms with Crippen LogP contribution in [0.3, 0.4) is 0 Å². The lowest BCUT2D eigenvalue weighted by Crippen LogP contribution is -2.38. The summed E-state index contributed by atoms with van der Waals surface area (Å²) in [5, 5.41) is 11.8. The smallest absolute Gasteiger partial charge is 0.310 e. The van der Waals surface area contributed by atoms with E-state index in [0.29, 0.717) is 19.4 Å². The third kappa shape index (κ3) is 2.19. The minimum atomic E-state index is -0.697. The normalized spacial score (nSPS) is 11.5. The Kier molecular flexibility index (Phi) is 4.11. The Balaban J connectivity index is 4.32. The van der Waals surface area contributed by atoms with Gasteiger partial charge in [-0.2, -0.15) is 0 Å². The standard InChI is InChI=1S/C8H17NO2/c1-4-8(5-2,6-9-3)7(10)11/h9H,4-6H2,1-3H3,(H,10,11). The minimum Gasteiger partial charge on any atom is -0.481 e. The highest BCUT2D eigenvalue weighted by Gasteiger charge is 2.33. The van der Waals surface area contributed by atoms with Gasteiger partial charge in [0.1, 0.15) is 0 Å². The van der Waals surface area contributed by atoms with E-state index < -0.39 is 11.4 Å². The molecule has 0 aromatic heterocycles. The summed E-state index contributed by atoms with van der Waals surface area (Å²) in [6.45, 7) is 4.37. The van der Waals surface area contributed by atoms with Crippen LogP contribution in [0, 0.1) is 5.41 Å². The topological polar surface area (TPSA) is 49.3 Å². The third-order valence-electron chi connectivity index (χ3n) is 2.32. The summed E-state index contributed by atoms with van der Waals surface area (Å²) in [6, 6.07) is 0. The predicted octanol–water partition coefficient (Wildman–Crippen LogP) is 1.10. The number of carbonyl (C=O) groups is 1. The van der Waals surface area contributed by atoms with Crippen molar-refractivity contribution in [1.82, 2.24) is 5.32 Å². The number of aliphatic carboxylic acids is 1. The molecule has 3 heteroatoms. The summed E-state index contributed by atoms with van der Waals surface area (Å²) in [4.78, 5) is 10.8. The molecule has 0 radical (unpaired) electrons. The van der Waals surface area contributed by atoms with Crippen molar-refractivity contribution in [1.29, 1.82) is 0 Å². The van der Waals surface area contributed by atoms with Gasteiger partial charge in [0.2, 0.25) is 0 Å². The van der Waals surface area contributed by atoms with Crippen molar-refractivity contribution >= 4 is 5.97 Å². The Morgan fingerprint density at radius 3 is 2.00 bits per heavy atom. The molecule has 0 spiro atoms. The lowest BCUT2D eigenvalue weighted by Gasteiger charge is -2.25. The molecular formula is C8H17NO2. The molecule has 0 aliphatic heterocycles. The van der Waals surface area contributed by atoms with Crippen LogP contribution in [0.5, 0.6) is 0 Å². The number of rotatable bonds is 5. The lowest BCUT2D eigenvalue weighted by atomic mass is 9.82. The fourth-order valence-corrected chi connectivity index (χ4v) is 1.22. The van der Waals surface area contributed by atoms with Gasteiger partial charge in [0, 0.05) is 6.54 Å². The van der Waals surface area contributed by atoms with Gasteiger partial charge in [-0.05, 0) is 19.9 Å². The highest BCUT2D eigenvalue weighted by molar-refractivity contribution is 5.74. The van der Waals surface area contributed by atoms with Gasteiger partial charge < -0.3 is 10.4 Å². The van der Waals surface area contributed by atoms with Crippen LogP contribution in [0.15, 0.2) is 0 Å². The molecule has 0 bridgehead atoms. The predicted molar refractivity (Wildman–Crippen MR) is 44.6 cm³/mol. The van der Waals surface area contributed by atoms with Crippen LogP contribution in [-0.4, -0.2) is 24.7 Å². The van der Waals surface area contributed by atoms with E-state index in [2.05, 4.69) is 5.32 Å². The van der Waals surface area contributed by atoms with Crippen LogP contribution in [0.1, 0.15) is 26.7 Å². The molecule has 0 fully saturated rings. The van der Waals surface area contributed by atoms with Crippen molar-refractivity contribution in [2.75, 3.05) is 13.6 Å². The number of carboxylic acids is 1. The van der Waals surface area contributed by atoms with Crippen LogP contribution in [-0.2, 0) is 4.79 Å². The number of hydrogen-bond acceptors (Lipinski definition) is 2. The quantitative estimate of drug-likeness (QED) is 0.631. The Hall–Kier alpha value is -0.570. The van der Waals surface area contributed by atoms with E-state index in [-0.39, 0.29) is 0 Å². The largest absolute Gasteiger partial charge is 0.481 e. The summed E-state index contributed by atoms with van der Waals surface area (Å²) in [6.07, 6.45) is 1.36. The van der Waals surface area contributed by atoms with E-state index >= 15 is 0 Å². The first-order valence-corrected chi connectivity index (χ1v) is 4.01. The van der Waals surface area contributed by atoms with Crippen LogP contribution in [0.4, 0.5) is 0 Å². The Bertz CT molecular complexity index is 130. The first-order valence-electron chi connectivity index (χ1n) is 4.01. The van der Waals surface area contributed by atoms with E-state index in [1.165, 1.54) is 0 Å². The van der Waals surface area contributed by atoms with E-state index in [1.54, 1.807) is 7.05 Å². The van der Waals surface area contributed by atoms with E-state index in [0.717, 1.165) is 0 Å². The fourth-order valence-electron chi connectivity index (χ4n) is 1.22. The first kappa shape index (κ1) is 10.4. The molecule has 0 saturated heterocycles. The zero-order valence-electron chi connectivity index (χ0n) is 7.48. The Labute approximate surface area is 67.8 Å².